The Kier molecular flexibility index (Phi) is 4.93. The molecule has 3 aromatic carbocycles. The number of aromatic nitrogens is 6. The van der Waals surface area contributed by atoms with Crippen molar-refractivity contribution in [3.63, 3.8) is 0 Å². The molecule has 200 valence electrons. The van der Waals surface area contributed by atoms with Crippen molar-refractivity contribution in [2.45, 2.75) is 24.3 Å². The highest BCUT2D eigenvalue weighted by atomic mass is 19.3. The number of rotatable bonds is 4. The van der Waals surface area contributed by atoms with E-state index in [4.69, 9.17) is 15.8 Å². The monoisotopic (exact) mass is 544 g/mol. The van der Waals surface area contributed by atoms with Crippen molar-refractivity contribution in [2.75, 3.05) is 0 Å². The Labute approximate surface area is 232 Å². The van der Waals surface area contributed by atoms with Gasteiger partial charge in [0, 0.05) is 30.0 Å². The Morgan fingerprint density at radius 2 is 1.61 bits per heavy atom. The number of nitrogens with two attached hydrogens (primary N) is 1. The Balaban J connectivity index is 1.36. The molecule has 1 aliphatic carbocycles. The molecule has 0 saturated heterocycles. The molecule has 0 bridgehead atoms. The van der Waals surface area contributed by atoms with E-state index < -0.39 is 11.5 Å². The second-order valence-electron chi connectivity index (χ2n) is 10.8. The van der Waals surface area contributed by atoms with Gasteiger partial charge in [-0.3, -0.25) is 10.1 Å². The van der Waals surface area contributed by atoms with Gasteiger partial charge in [-0.1, -0.05) is 65.3 Å². The number of aromatic amines is 1. The van der Waals surface area contributed by atoms with Gasteiger partial charge in [-0.2, -0.15) is 9.50 Å². The van der Waals surface area contributed by atoms with Crippen LogP contribution in [-0.4, -0.2) is 30.9 Å². The maximum Gasteiger partial charge on any atom is 0.335 e. The molecule has 1 fully saturated rings. The van der Waals surface area contributed by atoms with Crippen molar-refractivity contribution in [2.24, 2.45) is 5.73 Å². The molecule has 0 amide bonds. The highest BCUT2D eigenvalue weighted by molar-refractivity contribution is 5.94. The van der Waals surface area contributed by atoms with Crippen LogP contribution in [0.15, 0.2) is 103 Å². The van der Waals surface area contributed by atoms with Crippen LogP contribution in [0, 0.1) is 0 Å². The van der Waals surface area contributed by atoms with E-state index in [-0.39, 0.29) is 12.8 Å². The smallest absolute Gasteiger partial charge is 0.321 e. The fourth-order valence-corrected chi connectivity index (χ4v) is 5.98. The number of hydrogen-bond acceptors (Lipinski definition) is 4. The van der Waals surface area contributed by atoms with Crippen LogP contribution in [0.5, 0.6) is 0 Å². The first kappa shape index (κ1) is 23.8. The predicted octanol–water partition coefficient (Wildman–Crippen LogP) is 5.95. The summed E-state index contributed by atoms with van der Waals surface area (Å²) >= 11 is 0. The van der Waals surface area contributed by atoms with Crippen LogP contribution in [0.25, 0.3) is 55.8 Å². The topological polar surface area (TPSA) is 89.5 Å². The summed E-state index contributed by atoms with van der Waals surface area (Å²) in [7, 11) is 0. The van der Waals surface area contributed by atoms with E-state index in [1.165, 1.54) is 0 Å². The summed E-state index contributed by atoms with van der Waals surface area (Å²) in [4.78, 5) is 4.78. The summed E-state index contributed by atoms with van der Waals surface area (Å²) in [6, 6.07) is 29.5. The van der Waals surface area contributed by atoms with Crippen molar-refractivity contribution in [1.29, 1.82) is 0 Å². The van der Waals surface area contributed by atoms with Gasteiger partial charge in [0.2, 0.25) is 0 Å². The SMILES string of the molecule is NC1(c2ccc(-n3nc(-c4n[nH]c5ccccc45)[n+]4ccc5ncc(-c6ccccc6)cc5c34)cc2)CC(F)(F)C1. The molecular formula is C32H24F2N7+. The van der Waals surface area contributed by atoms with E-state index in [0.717, 1.165) is 50.0 Å². The van der Waals surface area contributed by atoms with E-state index in [1.54, 1.807) is 0 Å². The average molecular weight is 545 g/mol. The third-order valence-electron chi connectivity index (χ3n) is 8.02. The van der Waals surface area contributed by atoms with Crippen LogP contribution in [-0.2, 0) is 5.54 Å². The van der Waals surface area contributed by atoms with Gasteiger partial charge in [0.15, 0.2) is 5.69 Å². The van der Waals surface area contributed by atoms with Crippen molar-refractivity contribution >= 4 is 27.5 Å². The average Bonchev–Trinajstić information content (AvgIpc) is 3.58. The Hall–Kier alpha value is -5.02. The van der Waals surface area contributed by atoms with E-state index in [2.05, 4.69) is 28.4 Å². The lowest BCUT2D eigenvalue weighted by atomic mass is 9.70. The first-order valence-electron chi connectivity index (χ1n) is 13.4. The zero-order valence-electron chi connectivity index (χ0n) is 21.8. The fourth-order valence-electron chi connectivity index (χ4n) is 5.98. The molecule has 0 aliphatic heterocycles. The maximum absolute atomic E-state index is 13.7. The van der Waals surface area contributed by atoms with Crippen LogP contribution >= 0.6 is 0 Å². The van der Waals surface area contributed by atoms with Gasteiger partial charge in [0.1, 0.15) is 5.69 Å². The quantitative estimate of drug-likeness (QED) is 0.268. The lowest BCUT2D eigenvalue weighted by molar-refractivity contribution is -0.498. The first-order chi connectivity index (χ1) is 19.9. The molecular weight excluding hydrogens is 520 g/mol. The second-order valence-corrected chi connectivity index (χ2v) is 10.8. The molecule has 1 aliphatic rings. The number of nitrogens with zero attached hydrogens (tertiary/aromatic N) is 5. The van der Waals surface area contributed by atoms with Crippen molar-refractivity contribution < 1.29 is 13.2 Å². The maximum atomic E-state index is 13.7. The summed E-state index contributed by atoms with van der Waals surface area (Å²) in [5.74, 6) is -2.06. The zero-order chi connectivity index (χ0) is 27.8. The van der Waals surface area contributed by atoms with Gasteiger partial charge in [-0.15, -0.1) is 0 Å². The van der Waals surface area contributed by atoms with Crippen molar-refractivity contribution in [3.05, 3.63) is 109 Å². The molecule has 41 heavy (non-hydrogen) atoms. The molecule has 3 N–H and O–H groups in total. The number of fused-ring (bicyclic) bond motifs is 4. The van der Waals surface area contributed by atoms with Crippen LogP contribution in [0.1, 0.15) is 18.4 Å². The van der Waals surface area contributed by atoms with Gasteiger partial charge in [-0.25, -0.2) is 8.78 Å². The minimum Gasteiger partial charge on any atom is -0.321 e. The van der Waals surface area contributed by atoms with Crippen LogP contribution in [0.2, 0.25) is 0 Å². The molecule has 0 radical (unpaired) electrons. The summed E-state index contributed by atoms with van der Waals surface area (Å²) < 4.78 is 31.2. The van der Waals surface area contributed by atoms with Gasteiger partial charge >= 0.3 is 5.82 Å². The number of para-hydroxylation sites is 1. The lowest BCUT2D eigenvalue weighted by Gasteiger charge is -2.44. The summed E-state index contributed by atoms with van der Waals surface area (Å²) in [6.45, 7) is 0. The van der Waals surface area contributed by atoms with E-state index in [0.29, 0.717) is 11.4 Å². The molecule has 4 heterocycles. The summed E-state index contributed by atoms with van der Waals surface area (Å²) in [6.07, 6.45) is 3.12. The number of pyridine rings is 2. The van der Waals surface area contributed by atoms with E-state index in [9.17, 15) is 8.78 Å². The van der Waals surface area contributed by atoms with Gasteiger partial charge in [-0.05, 0) is 41.5 Å². The highest BCUT2D eigenvalue weighted by Gasteiger charge is 2.55. The predicted molar refractivity (Wildman–Crippen MR) is 153 cm³/mol. The third kappa shape index (κ3) is 3.73. The molecule has 4 aromatic heterocycles. The zero-order valence-corrected chi connectivity index (χ0v) is 21.8. The minimum absolute atomic E-state index is 0.352. The molecule has 8 rings (SSSR count). The van der Waals surface area contributed by atoms with Crippen LogP contribution in [0.3, 0.4) is 0 Å². The van der Waals surface area contributed by atoms with Crippen LogP contribution in [0.4, 0.5) is 8.78 Å². The Bertz CT molecular complexity index is 2090. The number of H-pyrrole nitrogens is 1. The number of alkyl halides is 2. The second kappa shape index (κ2) is 8.49. The number of halogens is 2. The van der Waals surface area contributed by atoms with Crippen molar-refractivity contribution in [1.82, 2.24) is 25.0 Å². The summed E-state index contributed by atoms with van der Waals surface area (Å²) in [5, 5.41) is 14.7. The lowest BCUT2D eigenvalue weighted by Crippen LogP contribution is -2.55. The Morgan fingerprint density at radius 1 is 0.854 bits per heavy atom. The van der Waals surface area contributed by atoms with Gasteiger partial charge < -0.3 is 5.73 Å². The summed E-state index contributed by atoms with van der Waals surface area (Å²) in [5.41, 5.74) is 12.0. The minimum atomic E-state index is -2.72. The normalized spacial score (nSPS) is 15.9. The van der Waals surface area contributed by atoms with E-state index >= 15 is 0 Å². The number of nitrogens with one attached hydrogen (secondary N) is 1. The van der Waals surface area contributed by atoms with E-state index in [1.807, 2.05) is 94.3 Å². The van der Waals surface area contributed by atoms with Crippen LogP contribution < -0.4 is 10.1 Å². The first-order valence-corrected chi connectivity index (χ1v) is 13.4. The standard InChI is InChI=1S/C32H24F2N7/c33-32(34)18-31(35,19-32)22-10-12-23(13-11-22)41-30-25-16-21(20-6-2-1-3-7-20)17-36-26(25)14-15-40(30)29(39-41)28-24-8-4-5-9-27(24)37-38-28/h1-17H,18-19,35H2,(H,37,38)/q+1. The largest absolute Gasteiger partial charge is 0.335 e. The molecule has 1 saturated carbocycles. The molecule has 0 spiro atoms. The Morgan fingerprint density at radius 3 is 2.39 bits per heavy atom. The number of benzene rings is 3. The van der Waals surface area contributed by atoms with Gasteiger partial charge in [0.05, 0.1) is 33.3 Å². The van der Waals surface area contributed by atoms with Gasteiger partial charge in [0.25, 0.3) is 11.6 Å². The molecule has 0 unspecified atom stereocenters. The molecule has 7 nitrogen and oxygen atoms in total. The number of hydrogen-bond donors (Lipinski definition) is 2. The molecule has 7 aromatic rings. The third-order valence-corrected chi connectivity index (χ3v) is 8.02. The van der Waals surface area contributed by atoms with Crippen molar-refractivity contribution in [3.8, 4) is 28.3 Å². The molecule has 9 heteroatoms. The fraction of sp³-hybridized carbons (Fsp3) is 0.125. The highest BCUT2D eigenvalue weighted by Crippen LogP contribution is 2.49. The molecule has 0 atom stereocenters.